The van der Waals surface area contributed by atoms with Crippen molar-refractivity contribution in [1.82, 2.24) is 0 Å². The second-order valence-corrected chi connectivity index (χ2v) is 5.27. The number of halogens is 1. The topological polar surface area (TPSA) is 29.3 Å². The number of nitrogens with two attached hydrogens (primary N) is 1. The number of benzene rings is 1. The summed E-state index contributed by atoms with van der Waals surface area (Å²) in [4.78, 5) is 3.26. The summed E-state index contributed by atoms with van der Waals surface area (Å²) in [5.41, 5.74) is 6.94. The van der Waals surface area contributed by atoms with E-state index in [9.17, 15) is 4.39 Å². The monoisotopic (exact) mass is 264 g/mol. The van der Waals surface area contributed by atoms with Gasteiger partial charge < -0.3 is 10.6 Å². The fourth-order valence-electron chi connectivity index (χ4n) is 1.84. The number of anilines is 1. The molecule has 0 unspecified atom stereocenters. The molecule has 0 atom stereocenters. The molecule has 1 aromatic heterocycles. The Morgan fingerprint density at radius 1 is 1.33 bits per heavy atom. The van der Waals surface area contributed by atoms with Crippen LogP contribution in [0.3, 0.4) is 0 Å². The van der Waals surface area contributed by atoms with Gasteiger partial charge in [0.05, 0.1) is 5.69 Å². The summed E-state index contributed by atoms with van der Waals surface area (Å²) in [6, 6.07) is 9.33. The second-order valence-electron chi connectivity index (χ2n) is 4.24. The molecule has 1 aromatic carbocycles. The maximum atomic E-state index is 13.9. The van der Waals surface area contributed by atoms with Gasteiger partial charge in [-0.05, 0) is 35.6 Å². The van der Waals surface area contributed by atoms with Crippen LogP contribution < -0.4 is 10.6 Å². The van der Waals surface area contributed by atoms with Crippen LogP contribution in [-0.2, 0) is 13.0 Å². The summed E-state index contributed by atoms with van der Waals surface area (Å²) < 4.78 is 13.9. The van der Waals surface area contributed by atoms with Crippen LogP contribution in [0.1, 0.15) is 10.4 Å². The van der Waals surface area contributed by atoms with Gasteiger partial charge in [0.1, 0.15) is 5.82 Å². The lowest BCUT2D eigenvalue weighted by Crippen LogP contribution is -2.21. The van der Waals surface area contributed by atoms with Crippen LogP contribution in [0.15, 0.2) is 35.7 Å². The lowest BCUT2D eigenvalue weighted by atomic mass is 10.2. The van der Waals surface area contributed by atoms with E-state index in [0.717, 1.165) is 18.5 Å². The van der Waals surface area contributed by atoms with Gasteiger partial charge in [-0.15, -0.1) is 11.3 Å². The molecule has 0 saturated heterocycles. The van der Waals surface area contributed by atoms with Crippen molar-refractivity contribution in [3.63, 3.8) is 0 Å². The van der Waals surface area contributed by atoms with Crippen molar-refractivity contribution >= 4 is 17.0 Å². The number of thiophene rings is 1. The first-order valence-electron chi connectivity index (χ1n) is 5.92. The van der Waals surface area contributed by atoms with Gasteiger partial charge >= 0.3 is 0 Å². The summed E-state index contributed by atoms with van der Waals surface area (Å²) in [6.45, 7) is 1.18. The summed E-state index contributed by atoms with van der Waals surface area (Å²) in [7, 11) is 1.91. The van der Waals surface area contributed by atoms with Crippen LogP contribution in [0.25, 0.3) is 0 Å². The van der Waals surface area contributed by atoms with Gasteiger partial charge in [0.15, 0.2) is 0 Å². The highest BCUT2D eigenvalue weighted by Crippen LogP contribution is 2.20. The molecule has 96 valence electrons. The van der Waals surface area contributed by atoms with Crippen molar-refractivity contribution in [1.29, 1.82) is 0 Å². The average Bonchev–Trinajstić information content (AvgIpc) is 2.88. The standard InChI is InChI=1S/C14H17FN2S/c1-17(7-6-12-3-2-8-18-12)14-5-4-11(10-16)9-13(14)15/h2-5,8-9H,6-7,10,16H2,1H3. The lowest BCUT2D eigenvalue weighted by Gasteiger charge is -2.20. The Balaban J connectivity index is 2.02. The molecular weight excluding hydrogens is 247 g/mol. The fourth-order valence-corrected chi connectivity index (χ4v) is 2.54. The first-order chi connectivity index (χ1) is 8.70. The molecule has 0 spiro atoms. The summed E-state index contributed by atoms with van der Waals surface area (Å²) in [5.74, 6) is -0.202. The number of hydrogen-bond acceptors (Lipinski definition) is 3. The molecule has 0 bridgehead atoms. The molecule has 2 rings (SSSR count). The molecule has 4 heteroatoms. The van der Waals surface area contributed by atoms with Crippen LogP contribution >= 0.6 is 11.3 Å². The van der Waals surface area contributed by atoms with E-state index in [2.05, 4.69) is 11.4 Å². The molecule has 0 aliphatic carbocycles. The molecule has 1 heterocycles. The third-order valence-electron chi connectivity index (χ3n) is 2.93. The van der Waals surface area contributed by atoms with E-state index in [1.54, 1.807) is 17.4 Å². The van der Waals surface area contributed by atoms with Gasteiger partial charge in [-0.25, -0.2) is 4.39 Å². The van der Waals surface area contributed by atoms with Gasteiger partial charge in [0, 0.05) is 25.0 Å². The van der Waals surface area contributed by atoms with Crippen molar-refractivity contribution in [2.24, 2.45) is 5.73 Å². The largest absolute Gasteiger partial charge is 0.372 e. The Morgan fingerprint density at radius 3 is 2.78 bits per heavy atom. The number of rotatable bonds is 5. The third kappa shape index (κ3) is 3.09. The minimum absolute atomic E-state index is 0.202. The van der Waals surface area contributed by atoms with Crippen molar-refractivity contribution in [2.45, 2.75) is 13.0 Å². The maximum Gasteiger partial charge on any atom is 0.146 e. The summed E-state index contributed by atoms with van der Waals surface area (Å²) in [6.07, 6.45) is 0.937. The van der Waals surface area contributed by atoms with E-state index in [4.69, 9.17) is 5.73 Å². The third-order valence-corrected chi connectivity index (χ3v) is 3.87. The highest BCUT2D eigenvalue weighted by Gasteiger charge is 2.08. The van der Waals surface area contributed by atoms with Crippen molar-refractivity contribution in [3.8, 4) is 0 Å². The van der Waals surface area contributed by atoms with E-state index in [1.165, 1.54) is 10.9 Å². The molecule has 18 heavy (non-hydrogen) atoms. The molecule has 2 aromatic rings. The predicted octanol–water partition coefficient (Wildman–Crippen LogP) is 3.02. The Morgan fingerprint density at radius 2 is 2.17 bits per heavy atom. The number of nitrogens with zero attached hydrogens (tertiary/aromatic N) is 1. The average molecular weight is 264 g/mol. The Kier molecular flexibility index (Phi) is 4.33. The quantitative estimate of drug-likeness (QED) is 0.899. The molecule has 0 radical (unpaired) electrons. The van der Waals surface area contributed by atoms with Gasteiger partial charge in [0.25, 0.3) is 0 Å². The lowest BCUT2D eigenvalue weighted by molar-refractivity contribution is 0.620. The Hall–Kier alpha value is -1.39. The van der Waals surface area contributed by atoms with Crippen LogP contribution in [-0.4, -0.2) is 13.6 Å². The molecule has 0 amide bonds. The van der Waals surface area contributed by atoms with Crippen molar-refractivity contribution in [3.05, 3.63) is 52.0 Å². The van der Waals surface area contributed by atoms with Crippen LogP contribution in [0.4, 0.5) is 10.1 Å². The van der Waals surface area contributed by atoms with E-state index in [-0.39, 0.29) is 5.82 Å². The zero-order valence-electron chi connectivity index (χ0n) is 10.4. The molecular formula is C14H17FN2S. The molecule has 0 fully saturated rings. The smallest absolute Gasteiger partial charge is 0.146 e. The molecule has 0 saturated carbocycles. The van der Waals surface area contributed by atoms with Gasteiger partial charge in [-0.2, -0.15) is 0 Å². The molecule has 2 nitrogen and oxygen atoms in total. The number of hydrogen-bond donors (Lipinski definition) is 1. The minimum Gasteiger partial charge on any atom is -0.372 e. The zero-order valence-corrected chi connectivity index (χ0v) is 11.2. The van der Waals surface area contributed by atoms with Crippen molar-refractivity contribution in [2.75, 3.05) is 18.5 Å². The zero-order chi connectivity index (χ0) is 13.0. The van der Waals surface area contributed by atoms with Gasteiger partial charge in [-0.3, -0.25) is 0 Å². The minimum atomic E-state index is -0.202. The van der Waals surface area contributed by atoms with Gasteiger partial charge in [0.2, 0.25) is 0 Å². The van der Waals surface area contributed by atoms with Crippen LogP contribution in [0.2, 0.25) is 0 Å². The van der Waals surface area contributed by atoms with Crippen LogP contribution in [0, 0.1) is 5.82 Å². The molecule has 2 N–H and O–H groups in total. The van der Waals surface area contributed by atoms with Crippen LogP contribution in [0.5, 0.6) is 0 Å². The predicted molar refractivity (Wildman–Crippen MR) is 75.6 cm³/mol. The highest BCUT2D eigenvalue weighted by atomic mass is 32.1. The molecule has 0 aliphatic rings. The van der Waals surface area contributed by atoms with E-state index in [0.29, 0.717) is 12.2 Å². The SMILES string of the molecule is CN(CCc1cccs1)c1ccc(CN)cc1F. The molecule has 0 aliphatic heterocycles. The summed E-state index contributed by atoms with van der Waals surface area (Å²) in [5, 5.41) is 2.06. The highest BCUT2D eigenvalue weighted by molar-refractivity contribution is 7.09. The van der Waals surface area contributed by atoms with Gasteiger partial charge in [-0.1, -0.05) is 12.1 Å². The normalized spacial score (nSPS) is 10.6. The Labute approximate surface area is 111 Å². The van der Waals surface area contributed by atoms with E-state index < -0.39 is 0 Å². The second kappa shape index (κ2) is 5.98. The fraction of sp³-hybridized carbons (Fsp3) is 0.286. The van der Waals surface area contributed by atoms with E-state index >= 15 is 0 Å². The first-order valence-corrected chi connectivity index (χ1v) is 6.80. The first kappa shape index (κ1) is 13.1. The van der Waals surface area contributed by atoms with E-state index in [1.807, 2.05) is 24.1 Å². The maximum absolute atomic E-state index is 13.9. The van der Waals surface area contributed by atoms with Crippen molar-refractivity contribution < 1.29 is 4.39 Å². The summed E-state index contributed by atoms with van der Waals surface area (Å²) >= 11 is 1.73. The Bertz CT molecular complexity index is 497. The number of likely N-dealkylation sites (N-methyl/N-ethyl adjacent to an activating group) is 1.